The van der Waals surface area contributed by atoms with Crippen molar-refractivity contribution in [3.05, 3.63) is 58.9 Å². The van der Waals surface area contributed by atoms with E-state index in [0.717, 1.165) is 21.8 Å². The van der Waals surface area contributed by atoms with Crippen molar-refractivity contribution in [3.8, 4) is 0 Å². The van der Waals surface area contributed by atoms with E-state index in [1.165, 1.54) is 0 Å². The molecule has 1 aromatic carbocycles. The number of hydrogen-bond acceptors (Lipinski definition) is 4. The molecule has 90 valence electrons. The first kappa shape index (κ1) is 11.7. The summed E-state index contributed by atoms with van der Waals surface area (Å²) in [7, 11) is 0. The molecule has 0 aliphatic carbocycles. The van der Waals surface area contributed by atoms with Crippen molar-refractivity contribution in [1.29, 1.82) is 0 Å². The van der Waals surface area contributed by atoms with Crippen molar-refractivity contribution in [2.75, 3.05) is 0 Å². The molecule has 1 N–H and O–H groups in total. The Bertz CT molecular complexity index is 641. The van der Waals surface area contributed by atoms with Gasteiger partial charge in [0.05, 0.1) is 11.0 Å². The van der Waals surface area contributed by atoms with Gasteiger partial charge in [-0.25, -0.2) is 0 Å². The standard InChI is InChI=1S/C12H8N2.HNO3/c1-3-9-5-6-10-4-2-8-14-12(10)11(9)13-7-1;2-1(3)4/h1-8H;(H,2,3,4). The Morgan fingerprint density at radius 1 is 0.944 bits per heavy atom. The first-order valence-electron chi connectivity index (χ1n) is 5.10. The number of pyridine rings is 2. The van der Waals surface area contributed by atoms with Crippen LogP contribution in [0.25, 0.3) is 21.8 Å². The van der Waals surface area contributed by atoms with Crippen molar-refractivity contribution in [2.24, 2.45) is 0 Å². The molecule has 18 heavy (non-hydrogen) atoms. The molecule has 0 aliphatic rings. The van der Waals surface area contributed by atoms with Gasteiger partial charge >= 0.3 is 0 Å². The van der Waals surface area contributed by atoms with E-state index in [-0.39, 0.29) is 0 Å². The maximum Gasteiger partial charge on any atom is 0.291 e. The second-order valence-corrected chi connectivity index (χ2v) is 3.45. The van der Waals surface area contributed by atoms with E-state index in [9.17, 15) is 0 Å². The third-order valence-electron chi connectivity index (χ3n) is 2.34. The molecule has 0 amide bonds. The third-order valence-corrected chi connectivity index (χ3v) is 2.34. The molecule has 6 nitrogen and oxygen atoms in total. The minimum atomic E-state index is -1.50. The molecule has 0 spiro atoms. The summed E-state index contributed by atoms with van der Waals surface area (Å²) >= 11 is 0. The highest BCUT2D eigenvalue weighted by atomic mass is 16.9. The lowest BCUT2D eigenvalue weighted by Gasteiger charge is -2.00. The number of fused-ring (bicyclic) bond motifs is 3. The molecule has 3 aromatic rings. The third kappa shape index (κ3) is 2.49. The van der Waals surface area contributed by atoms with Gasteiger partial charge in [-0.15, -0.1) is 10.1 Å². The molecule has 2 heterocycles. The second kappa shape index (κ2) is 5.05. The number of nitrogens with zero attached hydrogens (tertiary/aromatic N) is 3. The molecule has 0 saturated heterocycles. The smallest absolute Gasteiger partial charge is 0.291 e. The summed E-state index contributed by atoms with van der Waals surface area (Å²) < 4.78 is 0. The zero-order valence-electron chi connectivity index (χ0n) is 9.22. The van der Waals surface area contributed by atoms with E-state index in [0.29, 0.717) is 0 Å². The predicted octanol–water partition coefficient (Wildman–Crippen LogP) is 2.44. The molecule has 0 bridgehead atoms. The van der Waals surface area contributed by atoms with Crippen molar-refractivity contribution < 1.29 is 10.3 Å². The first-order valence-corrected chi connectivity index (χ1v) is 5.10. The Labute approximate surface area is 102 Å². The Hall–Kier alpha value is -2.76. The molecule has 0 unspecified atom stereocenters. The molecule has 2 aromatic heterocycles. The highest BCUT2D eigenvalue weighted by Crippen LogP contribution is 2.20. The summed E-state index contributed by atoms with van der Waals surface area (Å²) in [6, 6.07) is 12.1. The summed E-state index contributed by atoms with van der Waals surface area (Å²) in [4.78, 5) is 17.1. The van der Waals surface area contributed by atoms with Gasteiger partial charge in [-0.2, -0.15) is 0 Å². The van der Waals surface area contributed by atoms with E-state index in [1.807, 2.05) is 12.1 Å². The molecule has 0 atom stereocenters. The van der Waals surface area contributed by atoms with Gasteiger partial charge < -0.3 is 5.21 Å². The lowest BCUT2D eigenvalue weighted by atomic mass is 10.1. The summed E-state index contributed by atoms with van der Waals surface area (Å²) in [5.74, 6) is 0. The van der Waals surface area contributed by atoms with Gasteiger partial charge in [0, 0.05) is 23.2 Å². The molecule has 0 aliphatic heterocycles. The first-order chi connectivity index (χ1) is 8.68. The molecule has 3 rings (SSSR count). The topological polar surface area (TPSA) is 89.2 Å². The summed E-state index contributed by atoms with van der Waals surface area (Å²) in [5, 5.41) is 15.9. The van der Waals surface area contributed by atoms with Crippen LogP contribution in [0.15, 0.2) is 48.8 Å². The lowest BCUT2D eigenvalue weighted by molar-refractivity contribution is -0.742. The lowest BCUT2D eigenvalue weighted by Crippen LogP contribution is -1.83. The van der Waals surface area contributed by atoms with Crippen LogP contribution in [-0.2, 0) is 0 Å². The monoisotopic (exact) mass is 243 g/mol. The molecule has 0 fully saturated rings. The quantitative estimate of drug-likeness (QED) is 0.372. The van der Waals surface area contributed by atoms with Crippen LogP contribution in [0.4, 0.5) is 0 Å². The van der Waals surface area contributed by atoms with Crippen LogP contribution in [0.3, 0.4) is 0 Å². The van der Waals surface area contributed by atoms with Crippen molar-refractivity contribution in [1.82, 2.24) is 9.97 Å². The maximum atomic E-state index is 8.36. The molecule has 6 heteroatoms. The van der Waals surface area contributed by atoms with Gasteiger partial charge in [0.1, 0.15) is 0 Å². The fourth-order valence-electron chi connectivity index (χ4n) is 1.68. The van der Waals surface area contributed by atoms with E-state index in [2.05, 4.69) is 34.2 Å². The van der Waals surface area contributed by atoms with Crippen LogP contribution in [-0.4, -0.2) is 20.3 Å². The van der Waals surface area contributed by atoms with Crippen LogP contribution >= 0.6 is 0 Å². The van der Waals surface area contributed by atoms with Crippen molar-refractivity contribution in [3.63, 3.8) is 0 Å². The van der Waals surface area contributed by atoms with Crippen LogP contribution in [0.2, 0.25) is 0 Å². The Kier molecular flexibility index (Phi) is 3.29. The molecule has 0 radical (unpaired) electrons. The normalized spacial score (nSPS) is 9.78. The molecular weight excluding hydrogens is 234 g/mol. The average molecular weight is 243 g/mol. The largest absolute Gasteiger partial charge is 0.328 e. The second-order valence-electron chi connectivity index (χ2n) is 3.45. The predicted molar refractivity (Wildman–Crippen MR) is 65.8 cm³/mol. The zero-order valence-corrected chi connectivity index (χ0v) is 9.22. The zero-order chi connectivity index (χ0) is 13.0. The van der Waals surface area contributed by atoms with Gasteiger partial charge in [-0.3, -0.25) is 9.97 Å². The van der Waals surface area contributed by atoms with E-state index >= 15 is 0 Å². The maximum absolute atomic E-state index is 8.36. The summed E-state index contributed by atoms with van der Waals surface area (Å²) in [6.07, 6.45) is 3.60. The number of aromatic nitrogens is 2. The molecule has 0 saturated carbocycles. The SMILES string of the molecule is O=[N+]([O-])O.c1cnc2c(c1)ccc1cccnc12. The minimum absolute atomic E-state index is 0.977. The highest BCUT2D eigenvalue weighted by Gasteiger charge is 2.00. The van der Waals surface area contributed by atoms with Crippen LogP contribution in [0, 0.1) is 10.1 Å². The highest BCUT2D eigenvalue weighted by molar-refractivity contribution is 6.02. The van der Waals surface area contributed by atoms with Crippen LogP contribution < -0.4 is 0 Å². The fraction of sp³-hybridized carbons (Fsp3) is 0. The Balaban J connectivity index is 0.000000267. The van der Waals surface area contributed by atoms with E-state index in [1.54, 1.807) is 12.4 Å². The van der Waals surface area contributed by atoms with Crippen LogP contribution in [0.1, 0.15) is 0 Å². The number of hydrogen-bond donors (Lipinski definition) is 1. The van der Waals surface area contributed by atoms with E-state index < -0.39 is 5.09 Å². The molecular formula is C12H9N3O3. The van der Waals surface area contributed by atoms with Crippen LogP contribution in [0.5, 0.6) is 0 Å². The number of rotatable bonds is 0. The van der Waals surface area contributed by atoms with Gasteiger partial charge in [-0.1, -0.05) is 24.3 Å². The van der Waals surface area contributed by atoms with Gasteiger partial charge in [0.2, 0.25) is 0 Å². The fourth-order valence-corrected chi connectivity index (χ4v) is 1.68. The van der Waals surface area contributed by atoms with Gasteiger partial charge in [0.15, 0.2) is 0 Å². The van der Waals surface area contributed by atoms with E-state index in [4.69, 9.17) is 15.3 Å². The minimum Gasteiger partial charge on any atom is -0.328 e. The van der Waals surface area contributed by atoms with Gasteiger partial charge in [-0.05, 0) is 12.1 Å². The Morgan fingerprint density at radius 3 is 1.72 bits per heavy atom. The van der Waals surface area contributed by atoms with Crippen molar-refractivity contribution >= 4 is 21.8 Å². The Morgan fingerprint density at radius 2 is 1.33 bits per heavy atom. The average Bonchev–Trinajstić information content (AvgIpc) is 2.38. The summed E-state index contributed by atoms with van der Waals surface area (Å²) in [5.41, 5.74) is 1.95. The number of benzene rings is 1. The van der Waals surface area contributed by atoms with Crippen molar-refractivity contribution in [2.45, 2.75) is 0 Å². The van der Waals surface area contributed by atoms with Gasteiger partial charge in [0.25, 0.3) is 5.09 Å². The summed E-state index contributed by atoms with van der Waals surface area (Å²) in [6.45, 7) is 0.